The van der Waals surface area contributed by atoms with Gasteiger partial charge >= 0.3 is 0 Å². The third-order valence-electron chi connectivity index (χ3n) is 3.54. The van der Waals surface area contributed by atoms with Crippen molar-refractivity contribution in [3.05, 3.63) is 0 Å². The van der Waals surface area contributed by atoms with Crippen molar-refractivity contribution in [2.24, 2.45) is 0 Å². The van der Waals surface area contributed by atoms with Crippen molar-refractivity contribution in [1.82, 2.24) is 9.80 Å². The molecule has 2 aliphatic rings. The van der Waals surface area contributed by atoms with Crippen LogP contribution >= 0.6 is 0 Å². The van der Waals surface area contributed by atoms with E-state index in [4.69, 9.17) is 5.11 Å². The number of hydrogen-bond acceptors (Lipinski definition) is 3. The maximum absolute atomic E-state index is 8.77. The number of aliphatic hydroxyl groups is 1. The van der Waals surface area contributed by atoms with Crippen LogP contribution in [0.15, 0.2) is 0 Å². The minimum Gasteiger partial charge on any atom is -0.396 e. The fourth-order valence-corrected chi connectivity index (χ4v) is 2.71. The van der Waals surface area contributed by atoms with E-state index in [1.54, 1.807) is 0 Å². The maximum atomic E-state index is 8.77. The molecule has 1 N–H and O–H groups in total. The molecule has 2 rings (SSSR count). The Balaban J connectivity index is 1.71. The molecule has 0 aromatic heterocycles. The molecule has 0 aliphatic carbocycles. The molecule has 3 heteroatoms. The van der Waals surface area contributed by atoms with Crippen LogP contribution in [-0.4, -0.2) is 60.3 Å². The standard InChI is InChI=1S/C11H22N2O/c14-9-3-5-12-8-4-11(10-12)13-6-1-2-7-13/h11,14H,1-10H2. The van der Waals surface area contributed by atoms with Crippen molar-refractivity contribution in [2.45, 2.75) is 31.7 Å². The Morgan fingerprint density at radius 1 is 1.14 bits per heavy atom. The van der Waals surface area contributed by atoms with Crippen LogP contribution in [0.25, 0.3) is 0 Å². The summed E-state index contributed by atoms with van der Waals surface area (Å²) in [6.45, 7) is 6.53. The molecule has 0 aromatic carbocycles. The third-order valence-corrected chi connectivity index (χ3v) is 3.54. The molecule has 2 aliphatic heterocycles. The number of nitrogens with zero attached hydrogens (tertiary/aromatic N) is 2. The fraction of sp³-hybridized carbons (Fsp3) is 1.00. The third kappa shape index (κ3) is 2.47. The molecule has 1 unspecified atom stereocenters. The summed E-state index contributed by atoms with van der Waals surface area (Å²) in [4.78, 5) is 5.15. The molecule has 0 amide bonds. The molecule has 1 atom stereocenters. The average Bonchev–Trinajstić information content (AvgIpc) is 2.85. The van der Waals surface area contributed by atoms with Crippen LogP contribution in [0, 0.1) is 0 Å². The Bertz CT molecular complexity index is 169. The highest BCUT2D eigenvalue weighted by molar-refractivity contribution is 4.85. The predicted octanol–water partition coefficient (Wildman–Crippen LogP) is 0.539. The molecular weight excluding hydrogens is 176 g/mol. The molecule has 2 heterocycles. The van der Waals surface area contributed by atoms with Gasteiger partial charge in [-0.2, -0.15) is 0 Å². The van der Waals surface area contributed by atoms with E-state index in [9.17, 15) is 0 Å². The zero-order valence-corrected chi connectivity index (χ0v) is 8.99. The molecule has 0 radical (unpaired) electrons. The summed E-state index contributed by atoms with van der Waals surface area (Å²) >= 11 is 0. The van der Waals surface area contributed by atoms with Crippen LogP contribution in [0.1, 0.15) is 25.7 Å². The molecule has 0 spiro atoms. The molecule has 82 valence electrons. The monoisotopic (exact) mass is 198 g/mol. The second-order valence-corrected chi connectivity index (χ2v) is 4.56. The van der Waals surface area contributed by atoms with Gasteiger partial charge in [0.25, 0.3) is 0 Å². The van der Waals surface area contributed by atoms with E-state index in [1.165, 1.54) is 45.4 Å². The predicted molar refractivity (Wildman–Crippen MR) is 57.4 cm³/mol. The zero-order valence-electron chi connectivity index (χ0n) is 8.99. The van der Waals surface area contributed by atoms with Crippen molar-refractivity contribution in [3.8, 4) is 0 Å². The Morgan fingerprint density at radius 2 is 1.93 bits per heavy atom. The first-order valence-corrected chi connectivity index (χ1v) is 5.97. The van der Waals surface area contributed by atoms with Crippen LogP contribution in [0.2, 0.25) is 0 Å². The summed E-state index contributed by atoms with van der Waals surface area (Å²) in [6.07, 6.45) is 5.07. The Labute approximate surface area is 86.7 Å². The lowest BCUT2D eigenvalue weighted by Gasteiger charge is -2.23. The summed E-state index contributed by atoms with van der Waals surface area (Å²) < 4.78 is 0. The van der Waals surface area contributed by atoms with Crippen LogP contribution in [-0.2, 0) is 0 Å². The Kier molecular flexibility index (Phi) is 3.79. The van der Waals surface area contributed by atoms with Crippen molar-refractivity contribution in [1.29, 1.82) is 0 Å². The topological polar surface area (TPSA) is 26.7 Å². The van der Waals surface area contributed by atoms with Gasteiger partial charge in [0.05, 0.1) is 0 Å². The van der Waals surface area contributed by atoms with Crippen molar-refractivity contribution < 1.29 is 5.11 Å². The number of rotatable bonds is 4. The van der Waals surface area contributed by atoms with E-state index in [1.807, 2.05) is 0 Å². The van der Waals surface area contributed by atoms with Gasteiger partial charge in [-0.25, -0.2) is 0 Å². The smallest absolute Gasteiger partial charge is 0.0443 e. The minimum absolute atomic E-state index is 0.338. The highest BCUT2D eigenvalue weighted by atomic mass is 16.3. The number of aliphatic hydroxyl groups excluding tert-OH is 1. The normalized spacial score (nSPS) is 30.2. The van der Waals surface area contributed by atoms with E-state index in [0.717, 1.165) is 19.0 Å². The highest BCUT2D eigenvalue weighted by Gasteiger charge is 2.28. The first-order chi connectivity index (χ1) is 6.90. The highest BCUT2D eigenvalue weighted by Crippen LogP contribution is 2.20. The summed E-state index contributed by atoms with van der Waals surface area (Å²) in [7, 11) is 0. The second kappa shape index (κ2) is 5.10. The molecule has 3 nitrogen and oxygen atoms in total. The zero-order chi connectivity index (χ0) is 9.80. The molecule has 0 saturated carbocycles. The van der Waals surface area contributed by atoms with Crippen LogP contribution in [0.3, 0.4) is 0 Å². The molecule has 14 heavy (non-hydrogen) atoms. The van der Waals surface area contributed by atoms with Gasteiger partial charge in [-0.3, -0.25) is 4.90 Å². The summed E-state index contributed by atoms with van der Waals surface area (Å²) in [5.74, 6) is 0. The van der Waals surface area contributed by atoms with Gasteiger partial charge in [0.15, 0.2) is 0 Å². The van der Waals surface area contributed by atoms with Crippen molar-refractivity contribution >= 4 is 0 Å². The van der Waals surface area contributed by atoms with Crippen LogP contribution < -0.4 is 0 Å². The first-order valence-electron chi connectivity index (χ1n) is 5.97. The van der Waals surface area contributed by atoms with Gasteiger partial charge in [-0.15, -0.1) is 0 Å². The van der Waals surface area contributed by atoms with Crippen molar-refractivity contribution in [3.63, 3.8) is 0 Å². The van der Waals surface area contributed by atoms with E-state index in [0.29, 0.717) is 6.61 Å². The van der Waals surface area contributed by atoms with E-state index >= 15 is 0 Å². The van der Waals surface area contributed by atoms with Gasteiger partial charge in [-0.05, 0) is 45.3 Å². The largest absolute Gasteiger partial charge is 0.396 e. The van der Waals surface area contributed by atoms with Crippen LogP contribution in [0.5, 0.6) is 0 Å². The summed E-state index contributed by atoms with van der Waals surface area (Å²) in [6, 6.07) is 0.816. The van der Waals surface area contributed by atoms with E-state index in [2.05, 4.69) is 9.80 Å². The Morgan fingerprint density at radius 3 is 2.64 bits per heavy atom. The molecule has 0 bridgehead atoms. The SMILES string of the molecule is OCCCN1CCC(N2CCCC2)C1. The quantitative estimate of drug-likeness (QED) is 0.714. The first kappa shape index (κ1) is 10.4. The molecule has 2 saturated heterocycles. The molecule has 2 fully saturated rings. The maximum Gasteiger partial charge on any atom is 0.0443 e. The Hall–Kier alpha value is -0.120. The summed E-state index contributed by atoms with van der Waals surface area (Å²) in [5, 5.41) is 8.77. The van der Waals surface area contributed by atoms with Crippen LogP contribution in [0.4, 0.5) is 0 Å². The number of hydrogen-bond donors (Lipinski definition) is 1. The lowest BCUT2D eigenvalue weighted by molar-refractivity contribution is 0.217. The van der Waals surface area contributed by atoms with Gasteiger partial charge in [0.2, 0.25) is 0 Å². The minimum atomic E-state index is 0.338. The van der Waals surface area contributed by atoms with Gasteiger partial charge in [0.1, 0.15) is 0 Å². The lowest BCUT2D eigenvalue weighted by Crippen LogP contribution is -2.35. The average molecular weight is 198 g/mol. The second-order valence-electron chi connectivity index (χ2n) is 4.56. The van der Waals surface area contributed by atoms with E-state index in [-0.39, 0.29) is 0 Å². The van der Waals surface area contributed by atoms with E-state index < -0.39 is 0 Å². The molecular formula is C11H22N2O. The van der Waals surface area contributed by atoms with Crippen molar-refractivity contribution in [2.75, 3.05) is 39.3 Å². The fourth-order valence-electron chi connectivity index (χ4n) is 2.71. The molecule has 0 aromatic rings. The lowest BCUT2D eigenvalue weighted by atomic mass is 10.2. The van der Waals surface area contributed by atoms with Gasteiger partial charge in [-0.1, -0.05) is 0 Å². The van der Waals surface area contributed by atoms with Gasteiger partial charge < -0.3 is 10.0 Å². The number of likely N-dealkylation sites (tertiary alicyclic amines) is 2. The van der Waals surface area contributed by atoms with Gasteiger partial charge in [0, 0.05) is 25.7 Å². The summed E-state index contributed by atoms with van der Waals surface area (Å²) in [5.41, 5.74) is 0.